The Bertz CT molecular complexity index is 1080. The van der Waals surface area contributed by atoms with E-state index in [0.717, 1.165) is 24.9 Å². The highest BCUT2D eigenvalue weighted by atomic mass is 32.3. The van der Waals surface area contributed by atoms with Crippen LogP contribution in [-0.2, 0) is 22.2 Å². The molecule has 1 saturated heterocycles. The number of benzene rings is 2. The lowest BCUT2D eigenvalue weighted by molar-refractivity contribution is -0.00848. The van der Waals surface area contributed by atoms with Gasteiger partial charge in [0.1, 0.15) is 5.75 Å². The molecule has 2 aromatic carbocycles. The average Bonchev–Trinajstić information content (AvgIpc) is 2.75. The Morgan fingerprint density at radius 1 is 1.06 bits per heavy atom. The summed E-state index contributed by atoms with van der Waals surface area (Å²) >= 11 is 0. The third-order valence-electron chi connectivity index (χ3n) is 7.38. The highest BCUT2D eigenvalue weighted by molar-refractivity contribution is 7.79. The predicted octanol–water partition coefficient (Wildman–Crippen LogP) is 2.86. The monoisotopic (exact) mass is 477 g/mol. The Morgan fingerprint density at radius 2 is 1.76 bits per heavy atom. The fraction of sp³-hybridized carbons (Fsp3) is 0.458. The van der Waals surface area contributed by atoms with Crippen LogP contribution in [0.15, 0.2) is 48.5 Å². The minimum atomic E-state index is -4.67. The molecular weight excluding hydrogens is 446 g/mol. The van der Waals surface area contributed by atoms with E-state index < -0.39 is 10.4 Å². The maximum atomic E-state index is 12.8. The number of ketones is 1. The fourth-order valence-corrected chi connectivity index (χ4v) is 6.17. The first-order valence-corrected chi connectivity index (χ1v) is 12.4. The summed E-state index contributed by atoms with van der Waals surface area (Å²) < 4.78 is 31.6. The quantitative estimate of drug-likeness (QED) is 0.455. The highest BCUT2D eigenvalue weighted by Crippen LogP contribution is 2.56. The third kappa shape index (κ3) is 5.44. The minimum absolute atomic E-state index is 0. The van der Waals surface area contributed by atoms with Gasteiger partial charge in [0, 0.05) is 17.0 Å². The lowest BCUT2D eigenvalue weighted by Crippen LogP contribution is -2.61. The normalized spacial score (nSPS) is 26.0. The molecule has 0 unspecified atom stereocenters. The first-order chi connectivity index (χ1) is 15.2. The van der Waals surface area contributed by atoms with Crippen molar-refractivity contribution in [2.45, 2.75) is 50.0 Å². The molecule has 5 N–H and O–H groups in total. The molecule has 2 aromatic rings. The summed E-state index contributed by atoms with van der Waals surface area (Å²) in [7, 11) is -4.67. The second kappa shape index (κ2) is 9.90. The van der Waals surface area contributed by atoms with Crippen molar-refractivity contribution in [3.05, 3.63) is 65.2 Å². The van der Waals surface area contributed by atoms with E-state index in [1.54, 1.807) is 0 Å². The fourth-order valence-electron chi connectivity index (χ4n) is 6.17. The second-order valence-electron chi connectivity index (χ2n) is 9.08. The van der Waals surface area contributed by atoms with Gasteiger partial charge in [-0.15, -0.1) is 0 Å². The van der Waals surface area contributed by atoms with Gasteiger partial charge in [-0.25, -0.2) is 0 Å². The Balaban J connectivity index is 0.000000465. The van der Waals surface area contributed by atoms with Crippen LogP contribution in [0.25, 0.3) is 0 Å². The number of aromatic hydroxyl groups is 1. The van der Waals surface area contributed by atoms with Crippen molar-refractivity contribution >= 4 is 16.2 Å². The van der Waals surface area contributed by atoms with Crippen molar-refractivity contribution in [1.29, 1.82) is 0 Å². The van der Waals surface area contributed by atoms with Crippen molar-refractivity contribution in [2.24, 2.45) is 5.92 Å². The summed E-state index contributed by atoms with van der Waals surface area (Å²) in [6, 6.07) is 16.1. The summed E-state index contributed by atoms with van der Waals surface area (Å²) in [4.78, 5) is 15.3. The van der Waals surface area contributed by atoms with E-state index in [0.29, 0.717) is 24.3 Å². The second-order valence-corrected chi connectivity index (χ2v) is 9.97. The number of rotatable bonds is 3. The maximum absolute atomic E-state index is 12.8. The largest absolute Gasteiger partial charge is 0.508 e. The zero-order chi connectivity index (χ0) is 22.9. The van der Waals surface area contributed by atoms with Gasteiger partial charge in [-0.2, -0.15) is 8.42 Å². The number of nitrogens with zero attached hydrogens (tertiary/aromatic N) is 1. The number of hydrogen-bond donors (Lipinski definition) is 3. The van der Waals surface area contributed by atoms with E-state index in [-0.39, 0.29) is 16.7 Å². The summed E-state index contributed by atoms with van der Waals surface area (Å²) in [6.07, 6.45) is 7.15. The standard InChI is InChI=1S/C24H27NO2.H2O4S.H2O/c26-19-10-9-18-14-22-20-8-4-5-11-24(20,21(18)15-19)12-13-25(22)16-23(27)17-6-2-1-3-7-17;1-5(2,3)4;/h1-3,6-7,9-10,15,20,22,26H,4-5,8,11-14,16H2;(H2,1,2,3,4);1H2/t20-,22+,24+;;/m0../s1. The minimum Gasteiger partial charge on any atom is -0.508 e. The molecule has 2 aliphatic carbocycles. The van der Waals surface area contributed by atoms with Crippen LogP contribution >= 0.6 is 0 Å². The number of Topliss-reactive ketones (excluding diaryl/α,β-unsaturated/α-hetero) is 1. The molecule has 180 valence electrons. The molecule has 3 aliphatic rings. The summed E-state index contributed by atoms with van der Waals surface area (Å²) in [6.45, 7) is 1.50. The molecule has 1 heterocycles. The van der Waals surface area contributed by atoms with E-state index in [2.05, 4.69) is 11.0 Å². The van der Waals surface area contributed by atoms with Crippen LogP contribution < -0.4 is 0 Å². The molecule has 1 saturated carbocycles. The Labute approximate surface area is 194 Å². The average molecular weight is 478 g/mol. The number of phenols is 1. The number of carbonyl (C=O) groups excluding carboxylic acids is 1. The van der Waals surface area contributed by atoms with Gasteiger partial charge in [-0.1, -0.05) is 49.2 Å². The van der Waals surface area contributed by atoms with Crippen LogP contribution in [0.2, 0.25) is 0 Å². The van der Waals surface area contributed by atoms with E-state index in [1.807, 2.05) is 42.5 Å². The number of piperidine rings is 1. The smallest absolute Gasteiger partial charge is 0.394 e. The van der Waals surface area contributed by atoms with Gasteiger partial charge in [0.15, 0.2) is 5.78 Å². The number of carbonyl (C=O) groups is 1. The Hall–Kier alpha value is -2.30. The number of phenolic OH excluding ortho intramolecular Hbond substituents is 1. The predicted molar refractivity (Wildman–Crippen MR) is 124 cm³/mol. The van der Waals surface area contributed by atoms with Crippen molar-refractivity contribution in [1.82, 2.24) is 4.90 Å². The van der Waals surface area contributed by atoms with Crippen molar-refractivity contribution in [3.63, 3.8) is 0 Å². The van der Waals surface area contributed by atoms with Crippen molar-refractivity contribution in [3.8, 4) is 5.75 Å². The third-order valence-corrected chi connectivity index (χ3v) is 7.38. The van der Waals surface area contributed by atoms with Gasteiger partial charge in [-0.3, -0.25) is 18.8 Å². The summed E-state index contributed by atoms with van der Waals surface area (Å²) in [5, 5.41) is 10.1. The molecule has 0 spiro atoms. The molecule has 0 amide bonds. The lowest BCUT2D eigenvalue weighted by Gasteiger charge is -2.59. The van der Waals surface area contributed by atoms with E-state index in [9.17, 15) is 9.90 Å². The van der Waals surface area contributed by atoms with Crippen LogP contribution in [0, 0.1) is 5.92 Å². The molecule has 0 radical (unpaired) electrons. The summed E-state index contributed by atoms with van der Waals surface area (Å²) in [5.41, 5.74) is 3.81. The molecule has 5 rings (SSSR count). The Kier molecular flexibility index (Phi) is 7.60. The summed E-state index contributed by atoms with van der Waals surface area (Å²) in [5.74, 6) is 1.24. The lowest BCUT2D eigenvalue weighted by atomic mass is 9.52. The molecule has 2 fully saturated rings. The van der Waals surface area contributed by atoms with Gasteiger partial charge in [-0.05, 0) is 61.4 Å². The van der Waals surface area contributed by atoms with Crippen LogP contribution in [0.4, 0.5) is 0 Å². The maximum Gasteiger partial charge on any atom is 0.394 e. The van der Waals surface area contributed by atoms with E-state index in [1.165, 1.54) is 36.8 Å². The molecule has 2 bridgehead atoms. The number of hydrogen-bond acceptors (Lipinski definition) is 5. The zero-order valence-electron chi connectivity index (χ0n) is 18.4. The van der Waals surface area contributed by atoms with Crippen LogP contribution in [0.5, 0.6) is 5.75 Å². The number of likely N-dealkylation sites (tertiary alicyclic amines) is 1. The molecular formula is C24H31NO7S. The molecule has 3 atom stereocenters. The van der Waals surface area contributed by atoms with Gasteiger partial charge in [0.05, 0.1) is 6.54 Å². The first-order valence-electron chi connectivity index (χ1n) is 11.0. The van der Waals surface area contributed by atoms with E-state index in [4.69, 9.17) is 17.5 Å². The molecule has 1 aliphatic heterocycles. The van der Waals surface area contributed by atoms with Gasteiger partial charge in [0.25, 0.3) is 0 Å². The van der Waals surface area contributed by atoms with Crippen LogP contribution in [0.3, 0.4) is 0 Å². The molecule has 9 heteroatoms. The van der Waals surface area contributed by atoms with Gasteiger partial charge in [0.2, 0.25) is 0 Å². The number of fused-ring (bicyclic) bond motifs is 1. The van der Waals surface area contributed by atoms with Crippen LogP contribution in [-0.4, -0.2) is 57.9 Å². The molecule has 8 nitrogen and oxygen atoms in total. The zero-order valence-corrected chi connectivity index (χ0v) is 19.2. The molecule has 0 aromatic heterocycles. The SMILES string of the molecule is O.O=C(CN1CC[C@]23CCCC[C@H]2[C@H]1Cc1ccc(O)cc13)c1ccccc1.O=S(=O)(O)O. The van der Waals surface area contributed by atoms with Crippen LogP contribution in [0.1, 0.15) is 53.6 Å². The topological polar surface area (TPSA) is 147 Å². The Morgan fingerprint density at radius 3 is 2.45 bits per heavy atom. The van der Waals surface area contributed by atoms with Crippen molar-refractivity contribution in [2.75, 3.05) is 13.1 Å². The first kappa shape index (κ1) is 25.3. The highest BCUT2D eigenvalue weighted by Gasteiger charge is 2.53. The molecule has 33 heavy (non-hydrogen) atoms. The van der Waals surface area contributed by atoms with Crippen molar-refractivity contribution < 1.29 is 32.9 Å². The van der Waals surface area contributed by atoms with Gasteiger partial charge >= 0.3 is 10.4 Å². The van der Waals surface area contributed by atoms with Gasteiger partial charge < -0.3 is 10.6 Å². The van der Waals surface area contributed by atoms with E-state index >= 15 is 0 Å².